The van der Waals surface area contributed by atoms with Gasteiger partial charge in [-0.3, -0.25) is 4.79 Å². The van der Waals surface area contributed by atoms with E-state index in [2.05, 4.69) is 12.2 Å². The average Bonchev–Trinajstić information content (AvgIpc) is 2.42. The van der Waals surface area contributed by atoms with E-state index < -0.39 is 5.38 Å². The second kappa shape index (κ2) is 8.95. The Balaban J connectivity index is 2.20. The van der Waals surface area contributed by atoms with E-state index in [4.69, 9.17) is 16.3 Å². The van der Waals surface area contributed by atoms with Crippen LogP contribution in [0, 0.1) is 0 Å². The first-order valence-electron chi connectivity index (χ1n) is 6.30. The fraction of sp³-hybridized carbons (Fsp3) is 0.500. The molecular formula is C14H20ClNO2. The molecule has 1 N–H and O–H groups in total. The third-order valence-electron chi connectivity index (χ3n) is 2.51. The van der Waals surface area contributed by atoms with E-state index >= 15 is 0 Å². The highest BCUT2D eigenvalue weighted by molar-refractivity contribution is 6.30. The highest BCUT2D eigenvalue weighted by Gasteiger charge is 2.16. The normalized spacial score (nSPS) is 12.1. The van der Waals surface area contributed by atoms with Crippen molar-refractivity contribution in [1.82, 2.24) is 5.32 Å². The van der Waals surface area contributed by atoms with Gasteiger partial charge in [-0.2, -0.15) is 0 Å². The lowest BCUT2D eigenvalue weighted by Gasteiger charge is -2.10. The number of alkyl halides is 1. The molecule has 18 heavy (non-hydrogen) atoms. The van der Waals surface area contributed by atoms with Crippen LogP contribution in [0.2, 0.25) is 0 Å². The summed E-state index contributed by atoms with van der Waals surface area (Å²) < 4.78 is 5.35. The van der Waals surface area contributed by atoms with Crippen molar-refractivity contribution in [3.8, 4) is 0 Å². The van der Waals surface area contributed by atoms with Crippen molar-refractivity contribution in [2.24, 2.45) is 0 Å². The van der Waals surface area contributed by atoms with Crippen LogP contribution in [0.5, 0.6) is 0 Å². The minimum absolute atomic E-state index is 0.179. The number of amides is 1. The van der Waals surface area contributed by atoms with Gasteiger partial charge in [-0.25, -0.2) is 0 Å². The Labute approximate surface area is 113 Å². The number of carbonyl (C=O) groups excluding carboxylic acids is 1. The Morgan fingerprint density at radius 1 is 1.33 bits per heavy atom. The Morgan fingerprint density at radius 2 is 2.06 bits per heavy atom. The predicted molar refractivity (Wildman–Crippen MR) is 73.8 cm³/mol. The van der Waals surface area contributed by atoms with Crippen molar-refractivity contribution in [2.45, 2.75) is 25.1 Å². The molecular weight excluding hydrogens is 250 g/mol. The zero-order valence-electron chi connectivity index (χ0n) is 10.7. The molecule has 100 valence electrons. The second-order valence-electron chi connectivity index (χ2n) is 4.03. The van der Waals surface area contributed by atoms with Gasteiger partial charge in [-0.05, 0) is 12.0 Å². The summed E-state index contributed by atoms with van der Waals surface area (Å²) in [4.78, 5) is 11.7. The predicted octanol–water partition coefficient (Wildman–Crippen LogP) is 2.90. The van der Waals surface area contributed by atoms with Gasteiger partial charge in [0, 0.05) is 13.2 Å². The molecule has 1 aromatic rings. The molecule has 4 heteroatoms. The number of rotatable bonds is 8. The van der Waals surface area contributed by atoms with E-state index in [0.29, 0.717) is 13.2 Å². The van der Waals surface area contributed by atoms with Gasteiger partial charge in [0.1, 0.15) is 5.38 Å². The number of nitrogens with one attached hydrogen (secondary N) is 1. The summed E-state index contributed by atoms with van der Waals surface area (Å²) >= 11 is 6.07. The smallest absolute Gasteiger partial charge is 0.242 e. The summed E-state index contributed by atoms with van der Waals surface area (Å²) in [6.07, 6.45) is 2.17. The monoisotopic (exact) mass is 269 g/mol. The minimum atomic E-state index is -0.637. The molecule has 1 unspecified atom stereocenters. The van der Waals surface area contributed by atoms with Crippen molar-refractivity contribution >= 4 is 17.5 Å². The minimum Gasteiger partial charge on any atom is -0.380 e. The molecule has 1 amide bonds. The third kappa shape index (κ3) is 5.52. The zero-order valence-corrected chi connectivity index (χ0v) is 11.5. The van der Waals surface area contributed by atoms with Crippen LogP contribution in [0.4, 0.5) is 0 Å². The summed E-state index contributed by atoms with van der Waals surface area (Å²) in [5.41, 5.74) is 0.809. The van der Waals surface area contributed by atoms with E-state index in [1.54, 1.807) is 0 Å². The molecule has 0 aliphatic rings. The lowest BCUT2D eigenvalue weighted by Crippen LogP contribution is -2.30. The van der Waals surface area contributed by atoms with Gasteiger partial charge in [0.05, 0.1) is 6.61 Å². The van der Waals surface area contributed by atoms with Crippen molar-refractivity contribution in [1.29, 1.82) is 0 Å². The highest BCUT2D eigenvalue weighted by atomic mass is 35.5. The van der Waals surface area contributed by atoms with Crippen molar-refractivity contribution in [3.63, 3.8) is 0 Å². The third-order valence-corrected chi connectivity index (χ3v) is 2.96. The molecule has 1 aromatic carbocycles. The maximum absolute atomic E-state index is 11.7. The van der Waals surface area contributed by atoms with Crippen LogP contribution in [0.1, 0.15) is 30.7 Å². The molecule has 0 saturated heterocycles. The van der Waals surface area contributed by atoms with Gasteiger partial charge < -0.3 is 10.1 Å². The van der Waals surface area contributed by atoms with Gasteiger partial charge in [-0.1, -0.05) is 43.7 Å². The molecule has 0 aliphatic heterocycles. The molecule has 0 aliphatic carbocycles. The fourth-order valence-corrected chi connectivity index (χ4v) is 1.68. The summed E-state index contributed by atoms with van der Waals surface area (Å²) in [6.45, 7) is 3.89. The fourth-order valence-electron chi connectivity index (χ4n) is 1.46. The SMILES string of the molecule is CCCCOCCNC(=O)C(Cl)c1ccccc1. The number of ether oxygens (including phenoxy) is 1. The first-order chi connectivity index (χ1) is 8.75. The largest absolute Gasteiger partial charge is 0.380 e. The van der Waals surface area contributed by atoms with Crippen molar-refractivity contribution in [2.75, 3.05) is 19.8 Å². The molecule has 1 atom stereocenters. The summed E-state index contributed by atoms with van der Waals surface area (Å²) in [7, 11) is 0. The van der Waals surface area contributed by atoms with Crippen LogP contribution in [0.3, 0.4) is 0 Å². The molecule has 0 spiro atoms. The van der Waals surface area contributed by atoms with Crippen LogP contribution >= 0.6 is 11.6 Å². The quantitative estimate of drug-likeness (QED) is 0.582. The molecule has 3 nitrogen and oxygen atoms in total. The molecule has 0 fully saturated rings. The van der Waals surface area contributed by atoms with E-state index in [-0.39, 0.29) is 5.91 Å². The maximum atomic E-state index is 11.7. The highest BCUT2D eigenvalue weighted by Crippen LogP contribution is 2.19. The molecule has 1 rings (SSSR count). The Morgan fingerprint density at radius 3 is 2.72 bits per heavy atom. The van der Waals surface area contributed by atoms with Gasteiger partial charge in [0.2, 0.25) is 5.91 Å². The van der Waals surface area contributed by atoms with E-state index in [1.165, 1.54) is 0 Å². The second-order valence-corrected chi connectivity index (χ2v) is 4.47. The molecule has 0 bridgehead atoms. The number of hydrogen-bond acceptors (Lipinski definition) is 2. The van der Waals surface area contributed by atoms with Crippen LogP contribution in [0.25, 0.3) is 0 Å². The van der Waals surface area contributed by atoms with Gasteiger partial charge in [0.15, 0.2) is 0 Å². The Hall–Kier alpha value is -1.06. The number of halogens is 1. The molecule has 0 saturated carbocycles. The molecule has 0 heterocycles. The average molecular weight is 270 g/mol. The number of carbonyl (C=O) groups is 1. The standard InChI is InChI=1S/C14H20ClNO2/c1-2-3-10-18-11-9-16-14(17)13(15)12-7-5-4-6-8-12/h4-8,13H,2-3,9-11H2,1H3,(H,16,17). The molecule has 0 radical (unpaired) electrons. The number of benzene rings is 1. The summed E-state index contributed by atoms with van der Waals surface area (Å²) in [5.74, 6) is -0.179. The first-order valence-corrected chi connectivity index (χ1v) is 6.73. The van der Waals surface area contributed by atoms with E-state index in [9.17, 15) is 4.79 Å². The first kappa shape index (κ1) is 15.0. The molecule has 0 aromatic heterocycles. The number of hydrogen-bond donors (Lipinski definition) is 1. The van der Waals surface area contributed by atoms with E-state index in [1.807, 2.05) is 30.3 Å². The van der Waals surface area contributed by atoms with Crippen LogP contribution < -0.4 is 5.32 Å². The topological polar surface area (TPSA) is 38.3 Å². The van der Waals surface area contributed by atoms with Crippen LogP contribution in [0.15, 0.2) is 30.3 Å². The zero-order chi connectivity index (χ0) is 13.2. The van der Waals surface area contributed by atoms with Crippen LogP contribution in [-0.4, -0.2) is 25.7 Å². The summed E-state index contributed by atoms with van der Waals surface area (Å²) in [5, 5.41) is 2.12. The van der Waals surface area contributed by atoms with Gasteiger partial charge >= 0.3 is 0 Å². The van der Waals surface area contributed by atoms with Gasteiger partial charge in [-0.15, -0.1) is 11.6 Å². The Bertz CT molecular complexity index is 343. The Kier molecular flexibility index (Phi) is 7.46. The van der Waals surface area contributed by atoms with E-state index in [0.717, 1.165) is 25.0 Å². The van der Waals surface area contributed by atoms with Crippen LogP contribution in [-0.2, 0) is 9.53 Å². The number of unbranched alkanes of at least 4 members (excludes halogenated alkanes) is 1. The maximum Gasteiger partial charge on any atom is 0.242 e. The van der Waals surface area contributed by atoms with Crippen molar-refractivity contribution < 1.29 is 9.53 Å². The lowest BCUT2D eigenvalue weighted by molar-refractivity contribution is -0.121. The lowest BCUT2D eigenvalue weighted by atomic mass is 10.1. The van der Waals surface area contributed by atoms with Gasteiger partial charge in [0.25, 0.3) is 0 Å². The van der Waals surface area contributed by atoms with Crippen molar-refractivity contribution in [3.05, 3.63) is 35.9 Å². The summed E-state index contributed by atoms with van der Waals surface area (Å²) in [6, 6.07) is 9.31.